The number of benzene rings is 1. The summed E-state index contributed by atoms with van der Waals surface area (Å²) in [6, 6.07) is 8.63. The molecule has 0 radical (unpaired) electrons. The third-order valence-corrected chi connectivity index (χ3v) is 5.73. The molecule has 0 aliphatic carbocycles. The molecule has 4 rings (SSSR count). The SMILES string of the molecule is CCOC(=O)N1CCC(Oc2cc(Oc3ccc(/C=C4\SC(=O)NC4=O)cc3)ncn2)CC1. The molecule has 1 N–H and O–H groups in total. The summed E-state index contributed by atoms with van der Waals surface area (Å²) in [4.78, 5) is 45.0. The Labute approximate surface area is 194 Å². The van der Waals surface area contributed by atoms with Crippen molar-refractivity contribution < 1.29 is 28.6 Å². The fourth-order valence-electron chi connectivity index (χ4n) is 3.31. The summed E-state index contributed by atoms with van der Waals surface area (Å²) in [5.41, 5.74) is 0.760. The second-order valence-electron chi connectivity index (χ2n) is 7.22. The molecule has 0 atom stereocenters. The molecule has 1 aromatic heterocycles. The number of likely N-dealkylation sites (tertiary alicyclic amines) is 1. The molecule has 2 aliphatic heterocycles. The van der Waals surface area contributed by atoms with Crippen molar-refractivity contribution in [1.29, 1.82) is 0 Å². The van der Waals surface area contributed by atoms with Crippen LogP contribution in [0.5, 0.6) is 17.5 Å². The van der Waals surface area contributed by atoms with Crippen LogP contribution < -0.4 is 14.8 Å². The molecule has 0 bridgehead atoms. The molecule has 11 heteroatoms. The van der Waals surface area contributed by atoms with Crippen LogP contribution in [-0.4, -0.2) is 57.9 Å². The Morgan fingerprint density at radius 1 is 1.18 bits per heavy atom. The van der Waals surface area contributed by atoms with Gasteiger partial charge in [0.1, 0.15) is 18.2 Å². The number of piperidine rings is 1. The van der Waals surface area contributed by atoms with Gasteiger partial charge in [-0.2, -0.15) is 0 Å². The molecule has 3 amide bonds. The molecular weight excluding hydrogens is 448 g/mol. The van der Waals surface area contributed by atoms with Gasteiger partial charge < -0.3 is 19.1 Å². The molecule has 2 aliphatic rings. The zero-order valence-electron chi connectivity index (χ0n) is 17.9. The van der Waals surface area contributed by atoms with E-state index in [1.54, 1.807) is 48.2 Å². The number of carbonyl (C=O) groups is 3. The van der Waals surface area contributed by atoms with Crippen LogP contribution >= 0.6 is 11.8 Å². The first-order valence-corrected chi connectivity index (χ1v) is 11.2. The minimum absolute atomic E-state index is 0.0664. The van der Waals surface area contributed by atoms with E-state index in [0.29, 0.717) is 55.0 Å². The molecule has 1 aromatic carbocycles. The van der Waals surface area contributed by atoms with Crippen molar-refractivity contribution in [3.8, 4) is 17.5 Å². The van der Waals surface area contributed by atoms with E-state index < -0.39 is 5.91 Å². The van der Waals surface area contributed by atoms with Crippen LogP contribution in [0.3, 0.4) is 0 Å². The predicted molar refractivity (Wildman–Crippen MR) is 120 cm³/mol. The van der Waals surface area contributed by atoms with Crippen molar-refractivity contribution >= 4 is 35.1 Å². The lowest BCUT2D eigenvalue weighted by molar-refractivity contribution is -0.115. The molecule has 3 heterocycles. The zero-order valence-corrected chi connectivity index (χ0v) is 18.7. The molecular formula is C22H22N4O6S. The van der Waals surface area contributed by atoms with Crippen molar-refractivity contribution in [3.63, 3.8) is 0 Å². The summed E-state index contributed by atoms with van der Waals surface area (Å²) in [6.07, 6.45) is 4.00. The number of carbonyl (C=O) groups excluding carboxylic acids is 3. The van der Waals surface area contributed by atoms with E-state index in [9.17, 15) is 14.4 Å². The number of aromatic nitrogens is 2. The summed E-state index contributed by atoms with van der Waals surface area (Å²) in [6.45, 7) is 3.27. The van der Waals surface area contributed by atoms with E-state index in [0.717, 1.165) is 17.3 Å². The summed E-state index contributed by atoms with van der Waals surface area (Å²) < 4.78 is 16.8. The van der Waals surface area contributed by atoms with Crippen LogP contribution in [0.1, 0.15) is 25.3 Å². The maximum atomic E-state index is 11.8. The lowest BCUT2D eigenvalue weighted by Crippen LogP contribution is -2.42. The highest BCUT2D eigenvalue weighted by Gasteiger charge is 2.26. The van der Waals surface area contributed by atoms with Gasteiger partial charge in [-0.1, -0.05) is 12.1 Å². The molecule has 0 saturated carbocycles. The van der Waals surface area contributed by atoms with Gasteiger partial charge >= 0.3 is 6.09 Å². The van der Waals surface area contributed by atoms with Gasteiger partial charge in [0.2, 0.25) is 11.8 Å². The predicted octanol–water partition coefficient (Wildman–Crippen LogP) is 3.59. The van der Waals surface area contributed by atoms with Gasteiger partial charge in [-0.3, -0.25) is 14.9 Å². The number of amides is 3. The summed E-state index contributed by atoms with van der Waals surface area (Å²) in [5, 5.41) is 1.84. The Hall–Kier alpha value is -3.60. The van der Waals surface area contributed by atoms with Gasteiger partial charge in [0.15, 0.2) is 0 Å². The van der Waals surface area contributed by atoms with E-state index in [4.69, 9.17) is 14.2 Å². The largest absolute Gasteiger partial charge is 0.474 e. The van der Waals surface area contributed by atoms with Crippen molar-refractivity contribution in [2.75, 3.05) is 19.7 Å². The van der Waals surface area contributed by atoms with E-state index in [2.05, 4.69) is 15.3 Å². The van der Waals surface area contributed by atoms with Crippen LogP contribution in [0.25, 0.3) is 6.08 Å². The van der Waals surface area contributed by atoms with Crippen LogP contribution in [0, 0.1) is 0 Å². The van der Waals surface area contributed by atoms with Crippen molar-refractivity contribution in [3.05, 3.63) is 47.1 Å². The van der Waals surface area contributed by atoms with Crippen LogP contribution in [-0.2, 0) is 9.53 Å². The normalized spacial score (nSPS) is 17.7. The lowest BCUT2D eigenvalue weighted by Gasteiger charge is -2.31. The number of hydrogen-bond acceptors (Lipinski definition) is 9. The van der Waals surface area contributed by atoms with Crippen LogP contribution in [0.15, 0.2) is 41.6 Å². The van der Waals surface area contributed by atoms with Crippen LogP contribution in [0.2, 0.25) is 0 Å². The first-order chi connectivity index (χ1) is 16.0. The molecule has 0 spiro atoms. The zero-order chi connectivity index (χ0) is 23.2. The number of nitrogens with one attached hydrogen (secondary N) is 1. The molecule has 33 heavy (non-hydrogen) atoms. The number of rotatable bonds is 6. The fourth-order valence-corrected chi connectivity index (χ4v) is 3.99. The Morgan fingerprint density at radius 3 is 2.58 bits per heavy atom. The van der Waals surface area contributed by atoms with Gasteiger partial charge in [0.25, 0.3) is 11.1 Å². The monoisotopic (exact) mass is 470 g/mol. The highest BCUT2D eigenvalue weighted by atomic mass is 32.2. The third kappa shape index (κ3) is 6.01. The number of ether oxygens (including phenoxy) is 3. The van der Waals surface area contributed by atoms with E-state index >= 15 is 0 Å². The summed E-state index contributed by atoms with van der Waals surface area (Å²) >= 11 is 0.868. The number of imide groups is 1. The maximum absolute atomic E-state index is 11.8. The minimum Gasteiger partial charge on any atom is -0.474 e. The average Bonchev–Trinajstić information content (AvgIpc) is 3.12. The van der Waals surface area contributed by atoms with E-state index in [1.807, 2.05) is 0 Å². The van der Waals surface area contributed by atoms with Gasteiger partial charge in [-0.25, -0.2) is 14.8 Å². The van der Waals surface area contributed by atoms with Crippen molar-refractivity contribution in [2.45, 2.75) is 25.9 Å². The number of hydrogen-bond donors (Lipinski definition) is 1. The second-order valence-corrected chi connectivity index (χ2v) is 8.24. The van der Waals surface area contributed by atoms with Gasteiger partial charge in [-0.15, -0.1) is 0 Å². The Kier molecular flexibility index (Phi) is 7.08. The topological polar surface area (TPSA) is 120 Å². The fraction of sp³-hybridized carbons (Fsp3) is 0.318. The Bertz CT molecular complexity index is 1070. The van der Waals surface area contributed by atoms with E-state index in [-0.39, 0.29) is 17.4 Å². The van der Waals surface area contributed by atoms with E-state index in [1.165, 1.54) is 6.33 Å². The van der Waals surface area contributed by atoms with Crippen LogP contribution in [0.4, 0.5) is 9.59 Å². The standard InChI is InChI=1S/C22H22N4O6S/c1-2-30-22(29)26-9-7-16(8-10-26)32-19-12-18(23-13-24-19)31-15-5-3-14(4-6-15)11-17-20(27)25-21(28)33-17/h3-6,11-13,16H,2,7-10H2,1H3,(H,25,27,28)/b17-11-. The molecule has 0 unspecified atom stereocenters. The third-order valence-electron chi connectivity index (χ3n) is 4.91. The summed E-state index contributed by atoms with van der Waals surface area (Å²) in [7, 11) is 0. The summed E-state index contributed by atoms with van der Waals surface area (Å²) in [5.74, 6) is 0.866. The molecule has 2 fully saturated rings. The lowest BCUT2D eigenvalue weighted by atomic mass is 10.1. The van der Waals surface area contributed by atoms with Gasteiger partial charge in [0, 0.05) is 25.9 Å². The molecule has 172 valence electrons. The maximum Gasteiger partial charge on any atom is 0.409 e. The minimum atomic E-state index is -0.398. The van der Waals surface area contributed by atoms with Gasteiger partial charge in [0.05, 0.1) is 17.6 Å². The first kappa shape index (κ1) is 22.6. The molecule has 2 saturated heterocycles. The van der Waals surface area contributed by atoms with Gasteiger partial charge in [-0.05, 0) is 42.5 Å². The highest BCUT2D eigenvalue weighted by molar-refractivity contribution is 8.18. The Balaban J connectivity index is 1.32. The smallest absolute Gasteiger partial charge is 0.409 e. The highest BCUT2D eigenvalue weighted by Crippen LogP contribution is 2.27. The quantitative estimate of drug-likeness (QED) is 0.631. The van der Waals surface area contributed by atoms with Crippen molar-refractivity contribution in [1.82, 2.24) is 20.2 Å². The Morgan fingerprint density at radius 2 is 1.91 bits per heavy atom. The average molecular weight is 471 g/mol. The number of thioether (sulfide) groups is 1. The van der Waals surface area contributed by atoms with Crippen molar-refractivity contribution in [2.24, 2.45) is 0 Å². The molecule has 2 aromatic rings. The second kappa shape index (κ2) is 10.3. The number of nitrogens with zero attached hydrogens (tertiary/aromatic N) is 3. The first-order valence-electron chi connectivity index (χ1n) is 10.4. The molecule has 10 nitrogen and oxygen atoms in total.